The van der Waals surface area contributed by atoms with Crippen molar-refractivity contribution in [1.29, 1.82) is 10.5 Å². The SMILES string of the molecule is CCCC1(C)C(C)(C)C1(C#N)C#N. The van der Waals surface area contributed by atoms with Crippen molar-refractivity contribution in [3.63, 3.8) is 0 Å². The first-order valence-corrected chi connectivity index (χ1v) is 4.76. The molecule has 1 aliphatic rings. The van der Waals surface area contributed by atoms with Crippen LogP contribution < -0.4 is 0 Å². The molecule has 0 aromatic heterocycles. The van der Waals surface area contributed by atoms with E-state index < -0.39 is 5.41 Å². The molecule has 0 aromatic rings. The van der Waals surface area contributed by atoms with Crippen molar-refractivity contribution in [2.75, 3.05) is 0 Å². The van der Waals surface area contributed by atoms with Crippen LogP contribution in [0.2, 0.25) is 0 Å². The summed E-state index contributed by atoms with van der Waals surface area (Å²) in [6, 6.07) is 4.41. The second-order valence-electron chi connectivity index (χ2n) is 4.68. The fourth-order valence-electron chi connectivity index (χ4n) is 2.74. The molecule has 0 heterocycles. The number of hydrogen-bond donors (Lipinski definition) is 0. The van der Waals surface area contributed by atoms with Crippen LogP contribution in [0.5, 0.6) is 0 Å². The lowest BCUT2D eigenvalue weighted by atomic mass is 9.92. The minimum Gasteiger partial charge on any atom is -0.197 e. The normalized spacial score (nSPS) is 33.1. The summed E-state index contributed by atoms with van der Waals surface area (Å²) in [6.45, 7) is 8.20. The second kappa shape index (κ2) is 2.48. The lowest BCUT2D eigenvalue weighted by Crippen LogP contribution is -2.06. The fourth-order valence-corrected chi connectivity index (χ4v) is 2.74. The van der Waals surface area contributed by atoms with Gasteiger partial charge in [0.1, 0.15) is 0 Å². The lowest BCUT2D eigenvalue weighted by Gasteiger charge is -2.10. The van der Waals surface area contributed by atoms with Crippen LogP contribution >= 0.6 is 0 Å². The number of nitrogens with zero attached hydrogens (tertiary/aromatic N) is 2. The van der Waals surface area contributed by atoms with E-state index >= 15 is 0 Å². The Balaban J connectivity index is 3.09. The average molecular weight is 176 g/mol. The lowest BCUT2D eigenvalue weighted by molar-refractivity contribution is 0.383. The van der Waals surface area contributed by atoms with Gasteiger partial charge in [0.25, 0.3) is 0 Å². The zero-order valence-corrected chi connectivity index (χ0v) is 8.81. The Morgan fingerprint density at radius 3 is 1.77 bits per heavy atom. The first kappa shape index (κ1) is 10.1. The summed E-state index contributed by atoms with van der Waals surface area (Å²) in [7, 11) is 0. The molecule has 0 aliphatic heterocycles. The van der Waals surface area contributed by atoms with E-state index in [-0.39, 0.29) is 10.8 Å². The van der Waals surface area contributed by atoms with Crippen LogP contribution in [0.1, 0.15) is 40.5 Å². The highest BCUT2D eigenvalue weighted by atomic mass is 14.8. The van der Waals surface area contributed by atoms with Crippen LogP contribution in [0.25, 0.3) is 0 Å². The van der Waals surface area contributed by atoms with Gasteiger partial charge in [-0.25, -0.2) is 0 Å². The third-order valence-corrected chi connectivity index (χ3v) is 4.17. The third-order valence-electron chi connectivity index (χ3n) is 4.17. The van der Waals surface area contributed by atoms with Gasteiger partial charge in [0.05, 0.1) is 12.1 Å². The van der Waals surface area contributed by atoms with E-state index in [2.05, 4.69) is 26.0 Å². The van der Waals surface area contributed by atoms with Crippen LogP contribution in [0, 0.1) is 38.9 Å². The quantitative estimate of drug-likeness (QED) is 0.649. The molecule has 1 aliphatic carbocycles. The summed E-state index contributed by atoms with van der Waals surface area (Å²) in [6.07, 6.45) is 1.99. The highest BCUT2D eigenvalue weighted by Gasteiger charge is 2.81. The van der Waals surface area contributed by atoms with E-state index in [1.54, 1.807) is 0 Å². The van der Waals surface area contributed by atoms with Crippen LogP contribution in [0.4, 0.5) is 0 Å². The topological polar surface area (TPSA) is 47.6 Å². The molecule has 1 atom stereocenters. The Hall–Kier alpha value is -1.02. The maximum atomic E-state index is 9.08. The molecule has 13 heavy (non-hydrogen) atoms. The molecule has 0 aromatic carbocycles. The predicted octanol–water partition coefficient (Wildman–Crippen LogP) is 2.87. The molecule has 1 saturated carbocycles. The van der Waals surface area contributed by atoms with Gasteiger partial charge in [-0.05, 0) is 6.42 Å². The Morgan fingerprint density at radius 1 is 1.08 bits per heavy atom. The maximum absolute atomic E-state index is 9.08. The van der Waals surface area contributed by atoms with Crippen molar-refractivity contribution in [2.45, 2.75) is 40.5 Å². The van der Waals surface area contributed by atoms with Gasteiger partial charge in [0.15, 0.2) is 5.41 Å². The summed E-state index contributed by atoms with van der Waals surface area (Å²) in [5.74, 6) is 0. The van der Waals surface area contributed by atoms with Crippen molar-refractivity contribution < 1.29 is 0 Å². The Kier molecular flexibility index (Phi) is 1.92. The van der Waals surface area contributed by atoms with Crippen LogP contribution in [-0.2, 0) is 0 Å². The fraction of sp³-hybridized carbons (Fsp3) is 0.818. The standard InChI is InChI=1S/C11H16N2/c1-5-6-10(4)9(2,3)11(10,7-12)8-13/h5-6H2,1-4H3. The highest BCUT2D eigenvalue weighted by molar-refractivity contribution is 5.42. The summed E-state index contributed by atoms with van der Waals surface area (Å²) in [5, 5.41) is 18.2. The maximum Gasteiger partial charge on any atom is 0.155 e. The van der Waals surface area contributed by atoms with Gasteiger partial charge in [-0.15, -0.1) is 0 Å². The van der Waals surface area contributed by atoms with Crippen LogP contribution in [0.15, 0.2) is 0 Å². The molecule has 2 nitrogen and oxygen atoms in total. The average Bonchev–Trinajstić information content (AvgIpc) is 2.43. The van der Waals surface area contributed by atoms with E-state index in [1.165, 1.54) is 0 Å². The summed E-state index contributed by atoms with van der Waals surface area (Å²) < 4.78 is 0. The number of hydrogen-bond acceptors (Lipinski definition) is 2. The molecular weight excluding hydrogens is 160 g/mol. The van der Waals surface area contributed by atoms with Gasteiger partial charge in [0.2, 0.25) is 0 Å². The minimum absolute atomic E-state index is 0.113. The zero-order valence-electron chi connectivity index (χ0n) is 8.81. The van der Waals surface area contributed by atoms with Gasteiger partial charge in [-0.1, -0.05) is 34.1 Å². The monoisotopic (exact) mass is 176 g/mol. The van der Waals surface area contributed by atoms with Crippen molar-refractivity contribution >= 4 is 0 Å². The first-order valence-electron chi connectivity index (χ1n) is 4.76. The number of nitriles is 2. The summed E-state index contributed by atoms with van der Waals surface area (Å²) in [4.78, 5) is 0. The van der Waals surface area contributed by atoms with Crippen LogP contribution in [-0.4, -0.2) is 0 Å². The molecule has 1 rings (SSSR count). The van der Waals surface area contributed by atoms with E-state index in [9.17, 15) is 0 Å². The molecule has 0 saturated heterocycles. The van der Waals surface area contributed by atoms with E-state index in [1.807, 2.05) is 13.8 Å². The van der Waals surface area contributed by atoms with Crippen molar-refractivity contribution in [3.8, 4) is 12.1 Å². The molecule has 0 bridgehead atoms. The smallest absolute Gasteiger partial charge is 0.155 e. The predicted molar refractivity (Wildman–Crippen MR) is 50.5 cm³/mol. The molecule has 1 fully saturated rings. The Labute approximate surface area is 80.2 Å². The molecular formula is C11H16N2. The molecule has 1 unspecified atom stereocenters. The first-order chi connectivity index (χ1) is 5.93. The van der Waals surface area contributed by atoms with E-state index in [0.29, 0.717) is 0 Å². The highest BCUT2D eigenvalue weighted by Crippen LogP contribution is 2.79. The van der Waals surface area contributed by atoms with Gasteiger partial charge >= 0.3 is 0 Å². The summed E-state index contributed by atoms with van der Waals surface area (Å²) in [5.41, 5.74) is -1.02. The molecule has 2 heteroatoms. The van der Waals surface area contributed by atoms with Crippen molar-refractivity contribution in [1.82, 2.24) is 0 Å². The van der Waals surface area contributed by atoms with Crippen molar-refractivity contribution in [3.05, 3.63) is 0 Å². The largest absolute Gasteiger partial charge is 0.197 e. The second-order valence-corrected chi connectivity index (χ2v) is 4.68. The molecule has 0 amide bonds. The minimum atomic E-state index is -0.754. The Bertz CT molecular complexity index is 289. The van der Waals surface area contributed by atoms with Gasteiger partial charge in [-0.3, -0.25) is 0 Å². The van der Waals surface area contributed by atoms with Crippen LogP contribution in [0.3, 0.4) is 0 Å². The van der Waals surface area contributed by atoms with Gasteiger partial charge in [0, 0.05) is 10.8 Å². The zero-order chi connectivity index (χ0) is 10.3. The molecule has 0 N–H and O–H groups in total. The van der Waals surface area contributed by atoms with Gasteiger partial charge in [-0.2, -0.15) is 10.5 Å². The van der Waals surface area contributed by atoms with E-state index in [4.69, 9.17) is 10.5 Å². The molecule has 0 spiro atoms. The van der Waals surface area contributed by atoms with E-state index in [0.717, 1.165) is 12.8 Å². The summed E-state index contributed by atoms with van der Waals surface area (Å²) >= 11 is 0. The third kappa shape index (κ3) is 0.767. The molecule has 70 valence electrons. The van der Waals surface area contributed by atoms with Gasteiger partial charge < -0.3 is 0 Å². The Morgan fingerprint density at radius 2 is 1.54 bits per heavy atom. The number of rotatable bonds is 2. The van der Waals surface area contributed by atoms with Crippen molar-refractivity contribution in [2.24, 2.45) is 16.2 Å². The molecule has 0 radical (unpaired) electrons.